The zero-order valence-electron chi connectivity index (χ0n) is 28.1. The minimum atomic E-state index is -1.02. The summed E-state index contributed by atoms with van der Waals surface area (Å²) in [6.45, 7) is 14.5. The molecule has 0 N–H and O–H groups in total. The van der Waals surface area contributed by atoms with Gasteiger partial charge in [0.05, 0.1) is 11.2 Å². The summed E-state index contributed by atoms with van der Waals surface area (Å²) >= 11 is 0. The fraction of sp³-hybridized carbons (Fsp3) is 0.233. The monoisotopic (exact) mass is 634 g/mol. The molecule has 3 nitrogen and oxygen atoms in total. The molecule has 0 spiro atoms. The second kappa shape index (κ2) is 11.3. The zero-order chi connectivity index (χ0) is 32.4. The number of allylic oxidation sites excluding steroid dienone is 5. The third kappa shape index (κ3) is 4.68. The van der Waals surface area contributed by atoms with Crippen molar-refractivity contribution in [3.05, 3.63) is 127 Å². The average molecular weight is 635 g/mol. The molecule has 8 rings (SSSR count). The molecule has 0 fully saturated rings. The van der Waals surface area contributed by atoms with Gasteiger partial charge in [-0.1, -0.05) is 90.1 Å². The molecular formula is C43H42N2OS. The summed E-state index contributed by atoms with van der Waals surface area (Å²) in [6, 6.07) is 33.3. The molecule has 0 amide bonds. The van der Waals surface area contributed by atoms with Crippen LogP contribution in [0.1, 0.15) is 53.5 Å². The van der Waals surface area contributed by atoms with Crippen LogP contribution in [-0.4, -0.2) is 20.7 Å². The van der Waals surface area contributed by atoms with E-state index in [9.17, 15) is 0 Å². The molecule has 3 heterocycles. The van der Waals surface area contributed by atoms with Crippen LogP contribution in [0.2, 0.25) is 0 Å². The lowest BCUT2D eigenvalue weighted by atomic mass is 9.90. The average Bonchev–Trinajstić information content (AvgIpc) is 3.30. The molecule has 236 valence electrons. The molecule has 0 saturated carbocycles. The number of pyridine rings is 1. The van der Waals surface area contributed by atoms with Crippen LogP contribution >= 0.6 is 10.0 Å². The van der Waals surface area contributed by atoms with Crippen molar-refractivity contribution in [1.82, 2.24) is 4.98 Å². The molecular weight excluding hydrogens is 593 g/mol. The van der Waals surface area contributed by atoms with Gasteiger partial charge in [-0.3, -0.25) is 4.90 Å². The van der Waals surface area contributed by atoms with Gasteiger partial charge >= 0.3 is 0 Å². The molecule has 1 aliphatic carbocycles. The summed E-state index contributed by atoms with van der Waals surface area (Å²) in [4.78, 5) is 9.17. The van der Waals surface area contributed by atoms with E-state index >= 15 is 0 Å². The van der Waals surface area contributed by atoms with E-state index in [1.807, 2.05) is 12.1 Å². The third-order valence-corrected chi connectivity index (χ3v) is 16.0. The standard InChI is InChI=1S/C43H42N2OS/c1-27(2)47(28(3)4,29(5)6)35-18-19-39-33(24-35)17-22-43(44-39)45-34-12-8-7-11-32(23-34)37-25-30(15-20-40(37)45)31-16-21-42-38(26-31)36-13-9-10-14-41(36)46-42/h7-22,24-29H,23H2,1-6H3. The van der Waals surface area contributed by atoms with Gasteiger partial charge in [0, 0.05) is 33.8 Å². The smallest absolute Gasteiger partial charge is 0.138 e. The summed E-state index contributed by atoms with van der Waals surface area (Å²) in [6.07, 6.45) is 9.67. The Balaban J connectivity index is 1.22. The Kier molecular flexibility index (Phi) is 7.18. The predicted octanol–water partition coefficient (Wildman–Crippen LogP) is 12.6. The maximum Gasteiger partial charge on any atom is 0.138 e. The lowest BCUT2D eigenvalue weighted by Crippen LogP contribution is -2.28. The van der Waals surface area contributed by atoms with E-state index in [0.717, 1.165) is 39.7 Å². The van der Waals surface area contributed by atoms with Crippen LogP contribution in [0.4, 0.5) is 11.5 Å². The first-order valence-electron chi connectivity index (χ1n) is 16.9. The maximum absolute atomic E-state index is 6.11. The summed E-state index contributed by atoms with van der Waals surface area (Å²) in [5.41, 5.74) is 10.3. The topological polar surface area (TPSA) is 29.3 Å². The van der Waals surface area contributed by atoms with Crippen molar-refractivity contribution in [2.45, 2.75) is 68.6 Å². The van der Waals surface area contributed by atoms with E-state index in [1.54, 1.807) is 0 Å². The van der Waals surface area contributed by atoms with E-state index in [4.69, 9.17) is 9.40 Å². The zero-order valence-corrected chi connectivity index (χ0v) is 28.9. The highest BCUT2D eigenvalue weighted by Crippen LogP contribution is 2.66. The molecule has 2 aliphatic rings. The highest BCUT2D eigenvalue weighted by Gasteiger charge is 2.36. The number of hydrogen-bond donors (Lipinski definition) is 0. The second-order valence-corrected chi connectivity index (χ2v) is 18.5. The number of benzene rings is 4. The Bertz CT molecular complexity index is 2260. The quantitative estimate of drug-likeness (QED) is 0.183. The van der Waals surface area contributed by atoms with E-state index in [1.165, 1.54) is 43.9 Å². The van der Waals surface area contributed by atoms with Gasteiger partial charge in [-0.05, 0) is 104 Å². The van der Waals surface area contributed by atoms with Crippen molar-refractivity contribution in [3.63, 3.8) is 0 Å². The molecule has 0 radical (unpaired) electrons. The van der Waals surface area contributed by atoms with Crippen LogP contribution in [-0.2, 0) is 0 Å². The van der Waals surface area contributed by atoms with Crippen molar-refractivity contribution in [2.75, 3.05) is 4.90 Å². The first-order chi connectivity index (χ1) is 22.8. The molecule has 2 aromatic heterocycles. The fourth-order valence-corrected chi connectivity index (χ4v) is 13.9. The minimum absolute atomic E-state index is 0.611. The second-order valence-electron chi connectivity index (χ2n) is 13.7. The lowest BCUT2D eigenvalue weighted by Gasteiger charge is -2.51. The van der Waals surface area contributed by atoms with Gasteiger partial charge in [0.1, 0.15) is 17.0 Å². The Hall–Kier alpha value is -4.54. The van der Waals surface area contributed by atoms with Gasteiger partial charge in [0.15, 0.2) is 0 Å². The number of aromatic nitrogens is 1. The van der Waals surface area contributed by atoms with E-state index in [2.05, 4.69) is 150 Å². The van der Waals surface area contributed by atoms with Gasteiger partial charge in [-0.2, -0.15) is 0 Å². The number of rotatable bonds is 6. The number of fused-ring (bicyclic) bond motifs is 8. The lowest BCUT2D eigenvalue weighted by molar-refractivity contribution is 0.669. The number of hydrogen-bond acceptors (Lipinski definition) is 3. The Morgan fingerprint density at radius 1 is 0.681 bits per heavy atom. The molecule has 47 heavy (non-hydrogen) atoms. The van der Waals surface area contributed by atoms with Crippen LogP contribution in [0, 0.1) is 0 Å². The fourth-order valence-electron chi connectivity index (χ4n) is 8.38. The highest BCUT2D eigenvalue weighted by atomic mass is 32.3. The number of nitrogens with zero attached hydrogens (tertiary/aromatic N) is 2. The van der Waals surface area contributed by atoms with Gasteiger partial charge in [0.25, 0.3) is 0 Å². The van der Waals surface area contributed by atoms with Crippen molar-refractivity contribution in [3.8, 4) is 11.1 Å². The summed E-state index contributed by atoms with van der Waals surface area (Å²) in [5.74, 6) is 0.960. The molecule has 0 unspecified atom stereocenters. The van der Waals surface area contributed by atoms with E-state index in [-0.39, 0.29) is 0 Å². The Labute approximate surface area is 279 Å². The van der Waals surface area contributed by atoms with Gasteiger partial charge in [-0.25, -0.2) is 15.0 Å². The van der Waals surface area contributed by atoms with Crippen LogP contribution < -0.4 is 4.90 Å². The van der Waals surface area contributed by atoms with Crippen molar-refractivity contribution < 1.29 is 4.42 Å². The SMILES string of the molecule is CC(C)S(c1ccc2nc(N3C4=CC=CC=C(C4)c4cc(-c5ccc6oc7ccccc7c6c5)ccc43)ccc2c1)(C(C)C)C(C)C. The molecule has 6 aromatic rings. The third-order valence-electron chi connectivity index (χ3n) is 10.3. The van der Waals surface area contributed by atoms with Crippen LogP contribution in [0.3, 0.4) is 0 Å². The summed E-state index contributed by atoms with van der Waals surface area (Å²) in [5, 5.41) is 5.35. The van der Waals surface area contributed by atoms with Crippen molar-refractivity contribution in [2.24, 2.45) is 0 Å². The van der Waals surface area contributed by atoms with E-state index in [0.29, 0.717) is 15.7 Å². The highest BCUT2D eigenvalue weighted by molar-refractivity contribution is 8.35. The van der Waals surface area contributed by atoms with Gasteiger partial charge in [0.2, 0.25) is 0 Å². The summed E-state index contributed by atoms with van der Waals surface area (Å²) < 4.78 is 6.11. The molecule has 4 heteroatoms. The van der Waals surface area contributed by atoms with Crippen molar-refractivity contribution in [1.29, 1.82) is 0 Å². The maximum atomic E-state index is 6.11. The van der Waals surface area contributed by atoms with Crippen LogP contribution in [0.25, 0.3) is 49.5 Å². The minimum Gasteiger partial charge on any atom is -0.456 e. The largest absolute Gasteiger partial charge is 0.456 e. The number of furan rings is 1. The first kappa shape index (κ1) is 29.8. The Morgan fingerprint density at radius 3 is 2.21 bits per heavy atom. The van der Waals surface area contributed by atoms with Crippen LogP contribution in [0.15, 0.2) is 130 Å². The molecule has 4 aromatic carbocycles. The number of anilines is 2. The predicted molar refractivity (Wildman–Crippen MR) is 204 cm³/mol. The molecule has 2 bridgehead atoms. The van der Waals surface area contributed by atoms with Crippen LogP contribution in [0.5, 0.6) is 0 Å². The molecule has 0 atom stereocenters. The molecule has 0 saturated heterocycles. The first-order valence-corrected chi connectivity index (χ1v) is 18.7. The van der Waals surface area contributed by atoms with E-state index < -0.39 is 10.0 Å². The Morgan fingerprint density at radius 2 is 1.40 bits per heavy atom. The van der Waals surface area contributed by atoms with Gasteiger partial charge < -0.3 is 4.42 Å². The number of para-hydroxylation sites is 1. The van der Waals surface area contributed by atoms with Crippen molar-refractivity contribution >= 4 is 59.9 Å². The molecule has 1 aliphatic heterocycles. The normalized spacial score (nSPS) is 15.1. The summed E-state index contributed by atoms with van der Waals surface area (Å²) in [7, 11) is -1.02. The van der Waals surface area contributed by atoms with Gasteiger partial charge in [-0.15, -0.1) is 0 Å².